The monoisotopic (exact) mass is 113 g/mol. The minimum absolute atomic E-state index is 0.127. The summed E-state index contributed by atoms with van der Waals surface area (Å²) < 4.78 is 51.3. The molecule has 8 heavy (non-hydrogen) atoms. The lowest BCUT2D eigenvalue weighted by Gasteiger charge is -1.90. The van der Waals surface area contributed by atoms with Gasteiger partial charge in [0.05, 0.1) is 5.48 Å². The van der Waals surface area contributed by atoms with Gasteiger partial charge in [0, 0.05) is 4.11 Å². The molecule has 0 aliphatic rings. The Hall–Kier alpha value is -0.780. The van der Waals surface area contributed by atoms with E-state index in [4.69, 9.17) is 9.60 Å². The van der Waals surface area contributed by atoms with E-state index < -0.39 is 24.5 Å². The average molecular weight is 113 g/mol. The van der Waals surface area contributed by atoms with Crippen LogP contribution in [0.1, 0.15) is 20.7 Å². The summed E-state index contributed by atoms with van der Waals surface area (Å²) in [6, 6.07) is -1.57. The van der Waals surface area contributed by atoms with Crippen molar-refractivity contribution in [3.8, 4) is 0 Å². The van der Waals surface area contributed by atoms with E-state index in [1.165, 1.54) is 6.92 Å². The third-order valence-electron chi connectivity index (χ3n) is 0.750. The first-order valence-corrected chi connectivity index (χ1v) is 2.25. The van der Waals surface area contributed by atoms with Crippen LogP contribution in [0.5, 0.6) is 0 Å². The van der Waals surface area contributed by atoms with Gasteiger partial charge in [-0.15, -0.1) is 0 Å². The largest absolute Gasteiger partial charge is 0.0628 e. The van der Waals surface area contributed by atoms with Crippen molar-refractivity contribution in [1.29, 1.82) is 0 Å². The average Bonchev–Trinajstić information content (AvgIpc) is 2.09. The molecule has 1 aromatic carbocycles. The van der Waals surface area contributed by atoms with Gasteiger partial charge in [-0.1, -0.05) is 35.3 Å². The zero-order valence-corrected chi connectivity index (χ0v) is 4.50. The highest BCUT2D eigenvalue weighted by Gasteiger charge is 1.80. The Balaban J connectivity index is 3.68. The van der Waals surface area contributed by atoms with Crippen molar-refractivity contribution >= 4 is 0 Å². The number of hydrogen-bond acceptors (Lipinski definition) is 0. The molecule has 0 aliphatic carbocycles. The first-order valence-electron chi connectivity index (χ1n) is 5.75. The lowest BCUT2D eigenvalue weighted by atomic mass is 10.2. The van der Waals surface area contributed by atoms with Crippen LogP contribution in [0.4, 0.5) is 0 Å². The van der Waals surface area contributed by atoms with Crippen molar-refractivity contribution in [2.24, 2.45) is 0 Å². The van der Waals surface area contributed by atoms with Crippen LogP contribution in [-0.4, -0.2) is 0 Å². The van der Waals surface area contributed by atoms with Crippen molar-refractivity contribution in [2.45, 2.75) is 13.8 Å². The molecule has 1 rings (SSSR count). The first kappa shape index (κ1) is 1.38. The maximum atomic E-state index is 7.55. The van der Waals surface area contributed by atoms with Gasteiger partial charge < -0.3 is 0 Å². The molecular weight excluding hydrogens is 96.1 g/mol. The van der Waals surface area contributed by atoms with Crippen LogP contribution in [0.3, 0.4) is 0 Å². The van der Waals surface area contributed by atoms with Crippen molar-refractivity contribution in [3.05, 3.63) is 35.3 Å². The highest BCUT2D eigenvalue weighted by atomic mass is 13.9. The van der Waals surface area contributed by atoms with Crippen LogP contribution >= 0.6 is 0 Å². The summed E-state index contributed by atoms with van der Waals surface area (Å²) in [5, 5.41) is 0. The predicted octanol–water partition coefficient (Wildman–Crippen LogP) is 2.30. The van der Waals surface area contributed by atoms with Crippen molar-refractivity contribution in [3.63, 3.8) is 0 Å². The number of hydrogen-bond donors (Lipinski definition) is 0. The van der Waals surface area contributed by atoms with Crippen molar-refractivity contribution < 1.29 is 9.60 Å². The van der Waals surface area contributed by atoms with Crippen molar-refractivity contribution in [1.82, 2.24) is 0 Å². The zero-order chi connectivity index (χ0) is 12.0. The van der Waals surface area contributed by atoms with Gasteiger partial charge in [-0.3, -0.25) is 0 Å². The zero-order valence-electron chi connectivity index (χ0n) is 11.5. The Kier molecular flexibility index (Phi) is 0.344. The van der Waals surface area contributed by atoms with E-state index >= 15 is 0 Å². The summed E-state index contributed by atoms with van der Waals surface area (Å²) in [7, 11) is 0. The molecule has 0 atom stereocenters. The Bertz CT molecular complexity index is 375. The minimum Gasteiger partial charge on any atom is -0.0617 e. The second kappa shape index (κ2) is 1.99. The third kappa shape index (κ3) is 1.09. The van der Waals surface area contributed by atoms with Gasteiger partial charge in [-0.05, 0) is 13.8 Å². The van der Waals surface area contributed by atoms with Gasteiger partial charge >= 0.3 is 0 Å². The molecule has 1 aromatic rings. The molecule has 42 valence electrons. The molecule has 0 heteroatoms. The van der Waals surface area contributed by atoms with E-state index in [1.54, 1.807) is 0 Å². The van der Waals surface area contributed by atoms with Gasteiger partial charge in [0.15, 0.2) is 0 Å². The molecule has 0 aromatic heterocycles. The summed E-state index contributed by atoms with van der Waals surface area (Å²) in [5.74, 6) is 0. The second-order valence-electron chi connectivity index (χ2n) is 1.50. The molecule has 0 amide bonds. The molecule has 0 unspecified atom stereocenters. The summed E-state index contributed by atoms with van der Waals surface area (Å²) in [6.45, 7) is -1.17. The summed E-state index contributed by atoms with van der Waals surface area (Å²) in [6.07, 6.45) is 0. The summed E-state index contributed by atoms with van der Waals surface area (Å²) in [5.41, 5.74) is -0.317. The Labute approximate surface area is 60.0 Å². The summed E-state index contributed by atoms with van der Waals surface area (Å²) >= 11 is 0. The maximum absolute atomic E-state index is 7.55. The van der Waals surface area contributed by atoms with Crippen LogP contribution in [0.15, 0.2) is 24.2 Å². The smallest absolute Gasteiger partial charge is 0.0617 e. The second-order valence-corrected chi connectivity index (χ2v) is 1.50. The molecular formula is C8H10. The van der Waals surface area contributed by atoms with Crippen molar-refractivity contribution in [2.75, 3.05) is 0 Å². The number of benzene rings is 1. The van der Waals surface area contributed by atoms with Gasteiger partial charge in [-0.2, -0.15) is 0 Å². The number of rotatable bonds is 0. The Morgan fingerprint density at radius 2 is 2.25 bits per heavy atom. The fourth-order valence-corrected chi connectivity index (χ4v) is 0.438. The van der Waals surface area contributed by atoms with Crippen LogP contribution < -0.4 is 0 Å². The topological polar surface area (TPSA) is 0 Å². The fourth-order valence-electron chi connectivity index (χ4n) is 0.438. The van der Waals surface area contributed by atoms with Gasteiger partial charge in [-0.25, -0.2) is 0 Å². The molecule has 0 spiro atoms. The molecule has 0 nitrogen and oxygen atoms in total. The van der Waals surface area contributed by atoms with E-state index in [1.807, 2.05) is 0 Å². The molecule has 0 heterocycles. The van der Waals surface area contributed by atoms with Gasteiger partial charge in [0.25, 0.3) is 0 Å². The highest BCUT2D eigenvalue weighted by molar-refractivity contribution is 5.20. The molecule has 0 aliphatic heterocycles. The summed E-state index contributed by atoms with van der Waals surface area (Å²) in [4.78, 5) is 0. The maximum Gasteiger partial charge on any atom is 0.0628 e. The quantitative estimate of drug-likeness (QED) is 0.484. The minimum atomic E-state index is -2.58. The van der Waals surface area contributed by atoms with Gasteiger partial charge in [0.2, 0.25) is 0 Å². The van der Waals surface area contributed by atoms with E-state index in [0.717, 1.165) is 0 Å². The molecule has 0 radical (unpaired) electrons. The van der Waals surface area contributed by atoms with E-state index in [0.29, 0.717) is 0 Å². The van der Waals surface area contributed by atoms with Crippen LogP contribution in [-0.2, 0) is 0 Å². The van der Waals surface area contributed by atoms with E-state index in [2.05, 4.69) is 0 Å². The predicted molar refractivity (Wildman–Crippen MR) is 35.9 cm³/mol. The molecule has 0 N–H and O–H groups in total. The Morgan fingerprint density at radius 1 is 1.50 bits per heavy atom. The molecule has 0 saturated heterocycles. The molecule has 0 fully saturated rings. The lowest BCUT2D eigenvalue weighted by molar-refractivity contribution is 1.39. The highest BCUT2D eigenvalue weighted by Crippen LogP contribution is 2.00. The molecule has 0 saturated carbocycles. The molecule has 0 bridgehead atoms. The van der Waals surface area contributed by atoms with Crippen LogP contribution in [0.2, 0.25) is 0 Å². The van der Waals surface area contributed by atoms with Crippen LogP contribution in [0, 0.1) is 13.8 Å². The standard InChI is InChI=1S/C8H10/c1-7-4-3-5-8(2)6-7/h3-6H,1-2H3/i1D3,3D,4D,5D,6D. The lowest BCUT2D eigenvalue weighted by Crippen LogP contribution is -1.71. The normalized spacial score (nSPS) is 23.4. The van der Waals surface area contributed by atoms with E-state index in [-0.39, 0.29) is 17.6 Å². The first-order chi connectivity index (χ1) is 6.68. The SMILES string of the molecule is [2H]c1c([2H])c(C)c([2H])c(C([2H])([2H])[2H])c1[2H]. The van der Waals surface area contributed by atoms with E-state index in [9.17, 15) is 0 Å². The Morgan fingerprint density at radius 3 is 3.00 bits per heavy atom. The van der Waals surface area contributed by atoms with Crippen LogP contribution in [0.25, 0.3) is 0 Å². The fraction of sp³-hybridized carbons (Fsp3) is 0.250. The van der Waals surface area contributed by atoms with Gasteiger partial charge in [0.1, 0.15) is 0 Å². The third-order valence-corrected chi connectivity index (χ3v) is 0.750.